The summed E-state index contributed by atoms with van der Waals surface area (Å²) in [6.45, 7) is 0. The number of halogens is 3. The number of rotatable bonds is 5. The molecular formula is C19H17F3N2O3. The van der Waals surface area contributed by atoms with Crippen LogP contribution in [0.2, 0.25) is 0 Å². The fourth-order valence-corrected chi connectivity index (χ4v) is 2.50. The van der Waals surface area contributed by atoms with Gasteiger partial charge in [0.2, 0.25) is 6.10 Å². The van der Waals surface area contributed by atoms with Gasteiger partial charge in [0.25, 0.3) is 5.91 Å². The molecule has 3 N–H and O–H groups in total. The molecule has 3 rings (SSSR count). The first-order chi connectivity index (χ1) is 12.8. The molecule has 8 heteroatoms. The number of anilines is 1. The van der Waals surface area contributed by atoms with Crippen LogP contribution in [0.3, 0.4) is 0 Å². The molecule has 5 nitrogen and oxygen atoms in total. The van der Waals surface area contributed by atoms with Crippen molar-refractivity contribution in [3.63, 3.8) is 0 Å². The predicted octanol–water partition coefficient (Wildman–Crippen LogP) is 3.46. The number of benzene rings is 2. The molecule has 1 amide bonds. The first-order valence-corrected chi connectivity index (χ1v) is 8.28. The lowest BCUT2D eigenvalue weighted by molar-refractivity contribution is -0.137. The van der Waals surface area contributed by atoms with E-state index in [2.05, 4.69) is 5.32 Å². The Morgan fingerprint density at radius 3 is 2.33 bits per heavy atom. The number of nitrogens with one attached hydrogen (secondary N) is 1. The molecule has 1 saturated carbocycles. The van der Waals surface area contributed by atoms with Gasteiger partial charge in [-0.15, -0.1) is 0 Å². The van der Waals surface area contributed by atoms with E-state index >= 15 is 0 Å². The second-order valence-corrected chi connectivity index (χ2v) is 6.28. The Kier molecular flexibility index (Phi) is 5.07. The van der Waals surface area contributed by atoms with E-state index in [1.165, 1.54) is 0 Å². The average Bonchev–Trinajstić information content (AvgIpc) is 3.43. The minimum atomic E-state index is -4.58. The topological polar surface area (TPSA) is 81.4 Å². The molecule has 1 aliphatic rings. The highest BCUT2D eigenvalue weighted by Crippen LogP contribution is 2.32. The molecule has 1 fully saturated rings. The van der Waals surface area contributed by atoms with Crippen molar-refractivity contribution < 1.29 is 27.5 Å². The Bertz CT molecular complexity index is 849. The van der Waals surface area contributed by atoms with Crippen LogP contribution in [0, 0.1) is 0 Å². The third kappa shape index (κ3) is 4.58. The summed E-state index contributed by atoms with van der Waals surface area (Å²) < 4.78 is 43.5. The zero-order valence-electron chi connectivity index (χ0n) is 14.1. The van der Waals surface area contributed by atoms with Crippen molar-refractivity contribution in [2.24, 2.45) is 0 Å². The van der Waals surface area contributed by atoms with Crippen molar-refractivity contribution in [1.29, 1.82) is 0 Å². The highest BCUT2D eigenvalue weighted by molar-refractivity contribution is 5.97. The van der Waals surface area contributed by atoms with Crippen LogP contribution in [0.15, 0.2) is 48.5 Å². The summed E-state index contributed by atoms with van der Waals surface area (Å²) in [5, 5.41) is 2.76. The summed E-state index contributed by atoms with van der Waals surface area (Å²) in [6.07, 6.45) is -4.09. The standard InChI is InChI=1S/C19H17F3N2O3/c20-19(21,22)12-6-9-14(15(23)10-12)18(26)27-16(11-4-2-1-3-5-11)17(25)24-13-7-8-13/h1-6,9-10,13,16H,7-8,23H2,(H,24,25)/t16-/m0/s1. The molecule has 1 atom stereocenters. The highest BCUT2D eigenvalue weighted by Gasteiger charge is 2.33. The third-order valence-electron chi connectivity index (χ3n) is 4.09. The molecule has 142 valence electrons. The fourth-order valence-electron chi connectivity index (χ4n) is 2.50. The van der Waals surface area contributed by atoms with E-state index in [0.717, 1.165) is 25.0 Å². The van der Waals surface area contributed by atoms with Gasteiger partial charge in [0.1, 0.15) is 0 Å². The molecule has 0 saturated heterocycles. The number of esters is 1. The second kappa shape index (κ2) is 7.30. The van der Waals surface area contributed by atoms with E-state index in [1.807, 2.05) is 0 Å². The molecule has 0 aliphatic heterocycles. The van der Waals surface area contributed by atoms with Crippen LogP contribution >= 0.6 is 0 Å². The van der Waals surface area contributed by atoms with Crippen molar-refractivity contribution in [2.45, 2.75) is 31.2 Å². The van der Waals surface area contributed by atoms with Gasteiger partial charge in [-0.25, -0.2) is 4.79 Å². The quantitative estimate of drug-likeness (QED) is 0.617. The zero-order chi connectivity index (χ0) is 19.6. The van der Waals surface area contributed by atoms with Crippen LogP contribution in [0.1, 0.15) is 40.4 Å². The van der Waals surface area contributed by atoms with E-state index in [4.69, 9.17) is 10.5 Å². The van der Waals surface area contributed by atoms with Gasteiger partial charge in [0.05, 0.1) is 11.1 Å². The maximum Gasteiger partial charge on any atom is 0.416 e. The SMILES string of the molecule is Nc1cc(C(F)(F)F)ccc1C(=O)O[C@H](C(=O)NC1CC1)c1ccccc1. The maximum atomic E-state index is 12.7. The Labute approximate surface area is 153 Å². The molecule has 2 aromatic rings. The van der Waals surface area contributed by atoms with Crippen molar-refractivity contribution in [2.75, 3.05) is 5.73 Å². The van der Waals surface area contributed by atoms with E-state index in [9.17, 15) is 22.8 Å². The summed E-state index contributed by atoms with van der Waals surface area (Å²) >= 11 is 0. The maximum absolute atomic E-state index is 12.7. The fraction of sp³-hybridized carbons (Fsp3) is 0.263. The Balaban J connectivity index is 1.83. The van der Waals surface area contributed by atoms with Gasteiger partial charge >= 0.3 is 12.1 Å². The summed E-state index contributed by atoms with van der Waals surface area (Å²) in [4.78, 5) is 24.9. The summed E-state index contributed by atoms with van der Waals surface area (Å²) in [6, 6.07) is 10.8. The number of amides is 1. The molecule has 0 spiro atoms. The van der Waals surface area contributed by atoms with Crippen LogP contribution < -0.4 is 11.1 Å². The van der Waals surface area contributed by atoms with E-state index in [0.29, 0.717) is 11.6 Å². The van der Waals surface area contributed by atoms with Crippen LogP contribution in [0.25, 0.3) is 0 Å². The normalized spacial score (nSPS) is 15.1. The van der Waals surface area contributed by atoms with Crippen molar-refractivity contribution >= 4 is 17.6 Å². The highest BCUT2D eigenvalue weighted by atomic mass is 19.4. The Morgan fingerprint density at radius 1 is 1.11 bits per heavy atom. The minimum Gasteiger partial charge on any atom is -0.444 e. The number of alkyl halides is 3. The second-order valence-electron chi connectivity index (χ2n) is 6.28. The summed E-state index contributed by atoms with van der Waals surface area (Å²) in [5.74, 6) is -1.46. The van der Waals surface area contributed by atoms with Gasteiger partial charge < -0.3 is 15.8 Å². The van der Waals surface area contributed by atoms with Crippen molar-refractivity contribution in [1.82, 2.24) is 5.32 Å². The van der Waals surface area contributed by atoms with E-state index < -0.39 is 29.7 Å². The van der Waals surface area contributed by atoms with Gasteiger partial charge in [-0.1, -0.05) is 30.3 Å². The van der Waals surface area contributed by atoms with Crippen LogP contribution in [0.4, 0.5) is 18.9 Å². The van der Waals surface area contributed by atoms with Crippen LogP contribution in [0.5, 0.6) is 0 Å². The number of carbonyl (C=O) groups is 2. The van der Waals surface area contributed by atoms with Gasteiger partial charge in [-0.2, -0.15) is 13.2 Å². The van der Waals surface area contributed by atoms with E-state index in [-0.39, 0.29) is 17.3 Å². The minimum absolute atomic E-state index is 0.0542. The molecule has 0 unspecified atom stereocenters. The van der Waals surface area contributed by atoms with Gasteiger partial charge in [-0.3, -0.25) is 4.79 Å². The lowest BCUT2D eigenvalue weighted by Crippen LogP contribution is -2.33. The number of ether oxygens (including phenoxy) is 1. The molecule has 0 radical (unpaired) electrons. The monoisotopic (exact) mass is 378 g/mol. The first-order valence-electron chi connectivity index (χ1n) is 8.28. The largest absolute Gasteiger partial charge is 0.444 e. The third-order valence-corrected chi connectivity index (χ3v) is 4.09. The average molecular weight is 378 g/mol. The van der Waals surface area contributed by atoms with Crippen LogP contribution in [-0.2, 0) is 15.7 Å². The lowest BCUT2D eigenvalue weighted by Gasteiger charge is -2.19. The molecule has 2 aromatic carbocycles. The number of nitrogen functional groups attached to an aromatic ring is 1. The Hall–Kier alpha value is -3.03. The molecular weight excluding hydrogens is 361 g/mol. The smallest absolute Gasteiger partial charge is 0.416 e. The van der Waals surface area contributed by atoms with Gasteiger partial charge in [0, 0.05) is 17.3 Å². The molecule has 0 heterocycles. The summed E-state index contributed by atoms with van der Waals surface area (Å²) in [7, 11) is 0. The van der Waals surface area contributed by atoms with Crippen molar-refractivity contribution in [3.8, 4) is 0 Å². The number of nitrogens with two attached hydrogens (primary N) is 1. The molecule has 27 heavy (non-hydrogen) atoms. The van der Waals surface area contributed by atoms with Crippen LogP contribution in [-0.4, -0.2) is 17.9 Å². The zero-order valence-corrected chi connectivity index (χ0v) is 14.1. The first kappa shape index (κ1) is 18.8. The molecule has 0 aromatic heterocycles. The molecule has 1 aliphatic carbocycles. The predicted molar refractivity (Wildman–Crippen MR) is 91.6 cm³/mol. The summed E-state index contributed by atoms with van der Waals surface area (Å²) in [5.41, 5.74) is 4.48. The number of hydrogen-bond acceptors (Lipinski definition) is 4. The van der Waals surface area contributed by atoms with Crippen molar-refractivity contribution in [3.05, 3.63) is 65.2 Å². The number of carbonyl (C=O) groups excluding carboxylic acids is 2. The lowest BCUT2D eigenvalue weighted by atomic mass is 10.1. The Morgan fingerprint density at radius 2 is 1.78 bits per heavy atom. The van der Waals surface area contributed by atoms with E-state index in [1.54, 1.807) is 30.3 Å². The molecule has 0 bridgehead atoms. The van der Waals surface area contributed by atoms with Gasteiger partial charge in [0.15, 0.2) is 0 Å². The van der Waals surface area contributed by atoms with Gasteiger partial charge in [-0.05, 0) is 31.0 Å². The number of hydrogen-bond donors (Lipinski definition) is 2.